The Balaban J connectivity index is 1.74. The Hall–Kier alpha value is -3.68. The zero-order valence-electron chi connectivity index (χ0n) is 17.8. The first-order chi connectivity index (χ1) is 15.0. The second-order valence-electron chi connectivity index (χ2n) is 7.69. The number of carbonyl (C=O) groups excluding carboxylic acids is 2. The summed E-state index contributed by atoms with van der Waals surface area (Å²) in [5.74, 6) is 0.104. The van der Waals surface area contributed by atoms with Crippen molar-refractivity contribution in [1.82, 2.24) is 19.4 Å². The van der Waals surface area contributed by atoms with Crippen LogP contribution in [0.15, 0.2) is 55.1 Å². The number of imidazole rings is 1. The van der Waals surface area contributed by atoms with Crippen LogP contribution in [0.2, 0.25) is 0 Å². The monoisotopic (exact) mass is 419 g/mol. The minimum Gasteiger partial charge on any atom is -0.497 e. The molecule has 1 aromatic carbocycles. The normalized spacial score (nSPS) is 15.5. The van der Waals surface area contributed by atoms with Crippen molar-refractivity contribution in [3.8, 4) is 5.75 Å². The third kappa shape index (κ3) is 4.01. The highest BCUT2D eigenvalue weighted by atomic mass is 16.5. The molecule has 8 nitrogen and oxygen atoms in total. The molecule has 0 spiro atoms. The molecule has 1 atom stereocenters. The number of methoxy groups -OCH3 is 1. The molecule has 160 valence electrons. The third-order valence-electron chi connectivity index (χ3n) is 5.38. The molecular formula is C23H25N5O3. The summed E-state index contributed by atoms with van der Waals surface area (Å²) in [7, 11) is 1.57. The van der Waals surface area contributed by atoms with E-state index in [0.29, 0.717) is 30.0 Å². The van der Waals surface area contributed by atoms with Crippen LogP contribution in [-0.4, -0.2) is 44.9 Å². The van der Waals surface area contributed by atoms with Crippen LogP contribution in [0.4, 0.5) is 5.69 Å². The average Bonchev–Trinajstić information content (AvgIpc) is 3.23. The average molecular weight is 419 g/mol. The van der Waals surface area contributed by atoms with Gasteiger partial charge in [-0.1, -0.05) is 6.07 Å². The van der Waals surface area contributed by atoms with Crippen LogP contribution < -0.4 is 10.1 Å². The summed E-state index contributed by atoms with van der Waals surface area (Å²) in [5.41, 5.74) is 2.63. The van der Waals surface area contributed by atoms with Gasteiger partial charge in [0.25, 0.3) is 11.8 Å². The van der Waals surface area contributed by atoms with Crippen molar-refractivity contribution in [2.75, 3.05) is 19.0 Å². The SMILES string of the molecule is COc1cccc(NC(=O)[C@@H]2c3c(ncn3C(C)C)CCN2C(=O)c2cccnc2)c1. The van der Waals surface area contributed by atoms with Gasteiger partial charge in [0.15, 0.2) is 6.04 Å². The lowest BCUT2D eigenvalue weighted by Gasteiger charge is -2.36. The maximum Gasteiger partial charge on any atom is 0.256 e. The smallest absolute Gasteiger partial charge is 0.256 e. The fourth-order valence-electron chi connectivity index (χ4n) is 3.87. The number of hydrogen-bond donors (Lipinski definition) is 1. The number of nitrogens with zero attached hydrogens (tertiary/aromatic N) is 4. The number of anilines is 1. The molecule has 0 saturated heterocycles. The predicted molar refractivity (Wildman–Crippen MR) is 116 cm³/mol. The molecule has 1 aliphatic heterocycles. The second kappa shape index (κ2) is 8.59. The van der Waals surface area contributed by atoms with Crippen molar-refractivity contribution in [1.29, 1.82) is 0 Å². The highest BCUT2D eigenvalue weighted by Gasteiger charge is 2.40. The number of pyridine rings is 1. The molecule has 0 fully saturated rings. The van der Waals surface area contributed by atoms with E-state index in [1.54, 1.807) is 60.9 Å². The number of aromatic nitrogens is 3. The number of rotatable bonds is 5. The van der Waals surface area contributed by atoms with Crippen molar-refractivity contribution >= 4 is 17.5 Å². The molecule has 8 heteroatoms. The van der Waals surface area contributed by atoms with Gasteiger partial charge in [0.2, 0.25) is 0 Å². The molecule has 0 saturated carbocycles. The zero-order valence-corrected chi connectivity index (χ0v) is 17.8. The summed E-state index contributed by atoms with van der Waals surface area (Å²) in [5, 5.41) is 2.95. The van der Waals surface area contributed by atoms with Crippen LogP contribution >= 0.6 is 0 Å². The van der Waals surface area contributed by atoms with Gasteiger partial charge in [-0.3, -0.25) is 14.6 Å². The third-order valence-corrected chi connectivity index (χ3v) is 5.38. The molecule has 0 aliphatic carbocycles. The van der Waals surface area contributed by atoms with Crippen LogP contribution in [0.5, 0.6) is 5.75 Å². The van der Waals surface area contributed by atoms with E-state index in [1.807, 2.05) is 18.4 Å². The Morgan fingerprint density at radius 2 is 2.06 bits per heavy atom. The molecule has 31 heavy (non-hydrogen) atoms. The summed E-state index contributed by atoms with van der Waals surface area (Å²) >= 11 is 0. The van der Waals surface area contributed by atoms with Crippen molar-refractivity contribution in [2.24, 2.45) is 0 Å². The Bertz CT molecular complexity index is 1090. The Morgan fingerprint density at radius 1 is 1.23 bits per heavy atom. The lowest BCUT2D eigenvalue weighted by atomic mass is 9.99. The highest BCUT2D eigenvalue weighted by Crippen LogP contribution is 2.33. The van der Waals surface area contributed by atoms with E-state index < -0.39 is 6.04 Å². The van der Waals surface area contributed by atoms with E-state index in [2.05, 4.69) is 15.3 Å². The van der Waals surface area contributed by atoms with Gasteiger partial charge in [-0.15, -0.1) is 0 Å². The van der Waals surface area contributed by atoms with E-state index in [9.17, 15) is 9.59 Å². The van der Waals surface area contributed by atoms with E-state index in [1.165, 1.54) is 6.20 Å². The van der Waals surface area contributed by atoms with Crippen LogP contribution in [0.1, 0.15) is 47.7 Å². The minimum absolute atomic E-state index is 0.0943. The summed E-state index contributed by atoms with van der Waals surface area (Å²) in [6.45, 7) is 4.45. The van der Waals surface area contributed by atoms with E-state index in [-0.39, 0.29) is 17.9 Å². The van der Waals surface area contributed by atoms with Crippen LogP contribution in [0.25, 0.3) is 0 Å². The van der Waals surface area contributed by atoms with Crippen molar-refractivity contribution < 1.29 is 14.3 Å². The molecule has 3 aromatic rings. The largest absolute Gasteiger partial charge is 0.497 e. The number of ether oxygens (including phenoxy) is 1. The standard InChI is InChI=1S/C23H25N5O3/c1-15(2)28-14-25-19-9-11-27(23(30)16-6-5-10-24-13-16)21(20(19)28)22(29)26-17-7-4-8-18(12-17)31-3/h4-8,10,12-15,21H,9,11H2,1-3H3,(H,26,29)/t21-/m0/s1. The predicted octanol–water partition coefficient (Wildman–Crippen LogP) is 3.25. The van der Waals surface area contributed by atoms with Crippen molar-refractivity contribution in [2.45, 2.75) is 32.4 Å². The number of fused-ring (bicyclic) bond motifs is 1. The molecule has 0 unspecified atom stereocenters. The lowest BCUT2D eigenvalue weighted by Crippen LogP contribution is -2.46. The first-order valence-electron chi connectivity index (χ1n) is 10.2. The van der Waals surface area contributed by atoms with Crippen LogP contribution in [0.3, 0.4) is 0 Å². The summed E-state index contributed by atoms with van der Waals surface area (Å²) in [4.78, 5) is 37.1. The van der Waals surface area contributed by atoms with Gasteiger partial charge in [0.1, 0.15) is 5.75 Å². The number of hydrogen-bond acceptors (Lipinski definition) is 5. The number of benzene rings is 1. The van der Waals surface area contributed by atoms with E-state index in [4.69, 9.17) is 4.74 Å². The molecule has 4 rings (SSSR count). The van der Waals surface area contributed by atoms with Gasteiger partial charge in [0, 0.05) is 43.2 Å². The quantitative estimate of drug-likeness (QED) is 0.686. The molecule has 2 aromatic heterocycles. The van der Waals surface area contributed by atoms with Crippen molar-refractivity contribution in [3.63, 3.8) is 0 Å². The highest BCUT2D eigenvalue weighted by molar-refractivity contribution is 6.01. The molecule has 2 amide bonds. The molecule has 3 heterocycles. The summed E-state index contributed by atoms with van der Waals surface area (Å²) < 4.78 is 7.22. The van der Waals surface area contributed by atoms with E-state index in [0.717, 1.165) is 11.4 Å². The minimum atomic E-state index is -0.812. The molecular weight excluding hydrogens is 394 g/mol. The number of nitrogens with one attached hydrogen (secondary N) is 1. The van der Waals surface area contributed by atoms with Crippen LogP contribution in [0, 0.1) is 0 Å². The van der Waals surface area contributed by atoms with Gasteiger partial charge in [-0.2, -0.15) is 0 Å². The molecule has 0 bridgehead atoms. The fourth-order valence-corrected chi connectivity index (χ4v) is 3.87. The fraction of sp³-hybridized carbons (Fsp3) is 0.304. The topological polar surface area (TPSA) is 89.4 Å². The Labute approximate surface area is 180 Å². The molecule has 0 radical (unpaired) electrons. The maximum absolute atomic E-state index is 13.5. The molecule has 1 aliphatic rings. The first kappa shape index (κ1) is 20.6. The Morgan fingerprint density at radius 3 is 2.77 bits per heavy atom. The lowest BCUT2D eigenvalue weighted by molar-refractivity contribution is -0.121. The van der Waals surface area contributed by atoms with Gasteiger partial charge >= 0.3 is 0 Å². The number of amides is 2. The van der Waals surface area contributed by atoms with Gasteiger partial charge in [-0.05, 0) is 38.1 Å². The summed E-state index contributed by atoms with van der Waals surface area (Å²) in [6.07, 6.45) is 5.48. The Kier molecular flexibility index (Phi) is 5.70. The first-order valence-corrected chi connectivity index (χ1v) is 10.2. The molecule has 1 N–H and O–H groups in total. The van der Waals surface area contributed by atoms with Gasteiger partial charge in [-0.25, -0.2) is 4.98 Å². The van der Waals surface area contributed by atoms with Crippen molar-refractivity contribution in [3.05, 3.63) is 72.1 Å². The van der Waals surface area contributed by atoms with Gasteiger partial charge in [0.05, 0.1) is 30.4 Å². The zero-order chi connectivity index (χ0) is 22.0. The summed E-state index contributed by atoms with van der Waals surface area (Å²) in [6, 6.07) is 9.85. The van der Waals surface area contributed by atoms with Gasteiger partial charge < -0.3 is 19.5 Å². The second-order valence-corrected chi connectivity index (χ2v) is 7.69. The maximum atomic E-state index is 13.5. The number of carbonyl (C=O) groups is 2. The van der Waals surface area contributed by atoms with E-state index >= 15 is 0 Å². The van der Waals surface area contributed by atoms with Crippen LogP contribution in [-0.2, 0) is 11.2 Å².